The van der Waals surface area contributed by atoms with E-state index in [4.69, 9.17) is 9.47 Å². The first-order valence-electron chi connectivity index (χ1n) is 10.1. The molecule has 0 spiro atoms. The fourth-order valence-electron chi connectivity index (χ4n) is 3.45. The zero-order valence-corrected chi connectivity index (χ0v) is 18.9. The van der Waals surface area contributed by atoms with Crippen LogP contribution in [0.15, 0.2) is 33.9 Å². The molecule has 1 aliphatic heterocycles. The van der Waals surface area contributed by atoms with Crippen molar-refractivity contribution in [3.63, 3.8) is 0 Å². The zero-order chi connectivity index (χ0) is 22.4. The number of nitrogens with zero attached hydrogens (tertiary/aromatic N) is 4. The largest absolute Gasteiger partial charge is 0.462 e. The van der Waals surface area contributed by atoms with Crippen molar-refractivity contribution in [2.45, 2.75) is 58.6 Å². The van der Waals surface area contributed by atoms with Gasteiger partial charge in [-0.15, -0.1) is 0 Å². The number of fused-ring (bicyclic) bond motifs is 1. The highest BCUT2D eigenvalue weighted by Gasteiger charge is 2.37. The van der Waals surface area contributed by atoms with Crippen molar-refractivity contribution >= 4 is 27.8 Å². The lowest BCUT2D eigenvalue weighted by atomic mass is 9.95. The van der Waals surface area contributed by atoms with Gasteiger partial charge in [0.2, 0.25) is 5.95 Å². The van der Waals surface area contributed by atoms with Crippen molar-refractivity contribution in [2.75, 3.05) is 11.9 Å². The van der Waals surface area contributed by atoms with Gasteiger partial charge in [-0.2, -0.15) is 13.5 Å². The van der Waals surface area contributed by atoms with Crippen LogP contribution in [-0.2, 0) is 9.53 Å². The van der Waals surface area contributed by atoms with Gasteiger partial charge in [-0.05, 0) is 42.0 Å². The van der Waals surface area contributed by atoms with Gasteiger partial charge in [-0.3, -0.25) is 0 Å². The maximum Gasteiger partial charge on any atom is 0.387 e. The van der Waals surface area contributed by atoms with Crippen LogP contribution in [0, 0.1) is 0 Å². The average Bonchev–Trinajstić information content (AvgIpc) is 3.18. The monoisotopic (exact) mass is 499 g/mol. The molecule has 1 aromatic carbocycles. The highest BCUT2D eigenvalue weighted by molar-refractivity contribution is 9.10. The second kappa shape index (κ2) is 10.7. The molecule has 11 heteroatoms. The normalized spacial score (nSPS) is 15.6. The number of ether oxygens (including phenoxy) is 2. The minimum atomic E-state index is -3.03. The summed E-state index contributed by atoms with van der Waals surface area (Å²) in [5.41, 5.74) is 1.01. The number of anilines is 1. The predicted molar refractivity (Wildman–Crippen MR) is 113 cm³/mol. The molecule has 1 atom stereocenters. The predicted octanol–water partition coefficient (Wildman–Crippen LogP) is 4.84. The Hall–Kier alpha value is -2.56. The van der Waals surface area contributed by atoms with Crippen LogP contribution in [0.3, 0.4) is 0 Å². The van der Waals surface area contributed by atoms with E-state index >= 15 is 0 Å². The van der Waals surface area contributed by atoms with E-state index in [2.05, 4.69) is 43.7 Å². The number of carbonyl (C=O) groups is 1. The first kappa shape index (κ1) is 23.1. The summed E-state index contributed by atoms with van der Waals surface area (Å²) in [5.74, 6) is -0.361. The van der Waals surface area contributed by atoms with Crippen LogP contribution in [0.5, 0.6) is 5.75 Å². The van der Waals surface area contributed by atoms with Crippen molar-refractivity contribution in [3.05, 3.63) is 39.5 Å². The fraction of sp³-hybridized carbons (Fsp3) is 0.500. The Morgan fingerprint density at radius 1 is 1.29 bits per heavy atom. The molecule has 0 bridgehead atoms. The third-order valence-electron chi connectivity index (χ3n) is 4.90. The smallest absolute Gasteiger partial charge is 0.387 e. The Balaban J connectivity index is 1.91. The van der Waals surface area contributed by atoms with Gasteiger partial charge in [-0.25, -0.2) is 4.79 Å². The van der Waals surface area contributed by atoms with E-state index in [1.807, 2.05) is 0 Å². The Morgan fingerprint density at radius 2 is 2.06 bits per heavy atom. The molecule has 0 saturated heterocycles. The third kappa shape index (κ3) is 5.57. The summed E-state index contributed by atoms with van der Waals surface area (Å²) in [4.78, 5) is 13.0. The summed E-state index contributed by atoms with van der Waals surface area (Å²) in [5, 5.41) is 14.5. The van der Waals surface area contributed by atoms with E-state index in [1.165, 1.54) is 10.7 Å². The molecule has 0 saturated carbocycles. The van der Waals surface area contributed by atoms with Crippen LogP contribution < -0.4 is 10.1 Å². The number of rotatable bonds is 10. The highest BCUT2D eigenvalue weighted by atomic mass is 79.9. The SMILES string of the molecule is CCCCCCCOC(=O)C1=C(C)Nc2nnnn2[C@H]1c1cc(Br)ccc1OC(F)F. The minimum absolute atomic E-state index is 0.0794. The molecule has 0 aliphatic carbocycles. The van der Waals surface area contributed by atoms with Gasteiger partial charge < -0.3 is 14.8 Å². The summed E-state index contributed by atoms with van der Waals surface area (Å²) in [7, 11) is 0. The molecule has 31 heavy (non-hydrogen) atoms. The van der Waals surface area contributed by atoms with E-state index in [0.29, 0.717) is 15.7 Å². The number of aromatic nitrogens is 4. The zero-order valence-electron chi connectivity index (χ0n) is 17.3. The van der Waals surface area contributed by atoms with Crippen molar-refractivity contribution in [1.29, 1.82) is 0 Å². The molecule has 0 radical (unpaired) electrons. The van der Waals surface area contributed by atoms with E-state index in [-0.39, 0.29) is 23.9 Å². The van der Waals surface area contributed by atoms with Crippen LogP contribution in [0.25, 0.3) is 0 Å². The molecule has 0 fully saturated rings. The van der Waals surface area contributed by atoms with Gasteiger partial charge in [0, 0.05) is 15.7 Å². The van der Waals surface area contributed by atoms with E-state index < -0.39 is 18.6 Å². The molecule has 1 aliphatic rings. The first-order chi connectivity index (χ1) is 14.9. The maximum atomic E-state index is 13.0. The molecule has 3 rings (SSSR count). The summed E-state index contributed by atoms with van der Waals surface area (Å²) >= 11 is 3.35. The third-order valence-corrected chi connectivity index (χ3v) is 5.39. The second-order valence-electron chi connectivity index (χ2n) is 7.12. The number of carbonyl (C=O) groups excluding carboxylic acids is 1. The highest BCUT2D eigenvalue weighted by Crippen LogP contribution is 2.40. The van der Waals surface area contributed by atoms with Gasteiger partial charge in [0.05, 0.1) is 12.2 Å². The molecule has 0 unspecified atom stereocenters. The Bertz CT molecular complexity index is 951. The lowest BCUT2D eigenvalue weighted by Gasteiger charge is -2.28. The van der Waals surface area contributed by atoms with Crippen molar-refractivity contribution in [2.24, 2.45) is 0 Å². The quantitative estimate of drug-likeness (QED) is 0.369. The standard InChI is InChI=1S/C20H24BrF2N5O3/c1-3-4-5-6-7-10-30-18(29)16-12(2)24-20-25-26-27-28(20)17(16)14-11-13(21)8-9-15(14)31-19(22)23/h8-9,11,17,19H,3-7,10H2,1-2H3,(H,24,25,27)/t17-/m0/s1. The molecule has 2 heterocycles. The summed E-state index contributed by atoms with van der Waals surface area (Å²) in [6.07, 6.45) is 5.07. The van der Waals surface area contributed by atoms with E-state index in [0.717, 1.165) is 32.1 Å². The van der Waals surface area contributed by atoms with Gasteiger partial charge in [0.25, 0.3) is 0 Å². The summed E-state index contributed by atoms with van der Waals surface area (Å²) in [6.45, 7) is 1.06. The maximum absolute atomic E-state index is 13.0. The fourth-order valence-corrected chi connectivity index (χ4v) is 3.83. The van der Waals surface area contributed by atoms with Crippen molar-refractivity contribution in [3.8, 4) is 5.75 Å². The van der Waals surface area contributed by atoms with Crippen LogP contribution in [-0.4, -0.2) is 39.4 Å². The summed E-state index contributed by atoms with van der Waals surface area (Å²) in [6, 6.07) is 3.69. The molecule has 168 valence electrons. The molecular formula is C20H24BrF2N5O3. The number of tetrazole rings is 1. The lowest BCUT2D eigenvalue weighted by Crippen LogP contribution is -2.30. The van der Waals surface area contributed by atoms with Crippen molar-refractivity contribution < 1.29 is 23.0 Å². The van der Waals surface area contributed by atoms with Crippen LogP contribution in [0.2, 0.25) is 0 Å². The number of esters is 1. The van der Waals surface area contributed by atoms with Gasteiger partial charge >= 0.3 is 12.6 Å². The number of unbranched alkanes of at least 4 members (excludes halogenated alkanes) is 4. The second-order valence-corrected chi connectivity index (χ2v) is 8.04. The number of hydrogen-bond donors (Lipinski definition) is 1. The number of halogens is 3. The van der Waals surface area contributed by atoms with E-state index in [1.54, 1.807) is 19.1 Å². The molecule has 8 nitrogen and oxygen atoms in total. The van der Waals surface area contributed by atoms with Gasteiger partial charge in [-0.1, -0.05) is 53.6 Å². The molecule has 0 amide bonds. The molecular weight excluding hydrogens is 476 g/mol. The van der Waals surface area contributed by atoms with Crippen LogP contribution >= 0.6 is 15.9 Å². The summed E-state index contributed by atoms with van der Waals surface area (Å²) < 4.78 is 38.3. The number of benzene rings is 1. The van der Waals surface area contributed by atoms with Crippen molar-refractivity contribution in [1.82, 2.24) is 20.2 Å². The first-order valence-corrected chi connectivity index (χ1v) is 10.9. The average molecular weight is 500 g/mol. The number of hydrogen-bond acceptors (Lipinski definition) is 7. The Labute approximate surface area is 187 Å². The molecule has 1 aromatic heterocycles. The molecule has 2 aromatic rings. The number of nitrogens with one attached hydrogen (secondary N) is 1. The van der Waals surface area contributed by atoms with E-state index in [9.17, 15) is 13.6 Å². The topological polar surface area (TPSA) is 91.2 Å². The minimum Gasteiger partial charge on any atom is -0.462 e. The number of allylic oxidation sites excluding steroid dienone is 1. The Kier molecular flexibility index (Phi) is 7.94. The lowest BCUT2D eigenvalue weighted by molar-refractivity contribution is -0.139. The molecule has 1 N–H and O–H groups in total. The van der Waals surface area contributed by atoms with Crippen LogP contribution in [0.4, 0.5) is 14.7 Å². The van der Waals surface area contributed by atoms with Crippen LogP contribution in [0.1, 0.15) is 57.6 Å². The Morgan fingerprint density at radius 3 is 2.81 bits per heavy atom. The van der Waals surface area contributed by atoms with Gasteiger partial charge in [0.1, 0.15) is 11.8 Å². The number of alkyl halides is 2. The van der Waals surface area contributed by atoms with Gasteiger partial charge in [0.15, 0.2) is 0 Å².